The molecular weight excluding hydrogens is 266 g/mol. The van der Waals surface area contributed by atoms with Gasteiger partial charge in [0.25, 0.3) is 5.91 Å². The van der Waals surface area contributed by atoms with Gasteiger partial charge in [-0.25, -0.2) is 0 Å². The van der Waals surface area contributed by atoms with Crippen LogP contribution in [0.4, 0.5) is 0 Å². The fourth-order valence-electron chi connectivity index (χ4n) is 1.81. The number of nitrogens with one attached hydrogen (secondary N) is 1. The molecular formula is C17H27NO3. The zero-order valence-electron chi connectivity index (χ0n) is 13.3. The molecule has 0 saturated heterocycles. The molecule has 4 heteroatoms. The van der Waals surface area contributed by atoms with Gasteiger partial charge in [0.1, 0.15) is 5.75 Å². The average Bonchev–Trinajstić information content (AvgIpc) is 2.49. The van der Waals surface area contributed by atoms with Crippen LogP contribution in [0.5, 0.6) is 5.75 Å². The number of rotatable bonds is 9. The maximum Gasteiger partial charge on any atom is 0.251 e. The molecule has 0 saturated carbocycles. The van der Waals surface area contributed by atoms with Crippen LogP contribution in [0, 0.1) is 11.8 Å². The van der Waals surface area contributed by atoms with E-state index in [2.05, 4.69) is 19.2 Å². The number of ether oxygens (including phenoxy) is 1. The quantitative estimate of drug-likeness (QED) is 0.688. The highest BCUT2D eigenvalue weighted by atomic mass is 16.5. The summed E-state index contributed by atoms with van der Waals surface area (Å²) >= 11 is 0. The van der Waals surface area contributed by atoms with Gasteiger partial charge in [-0.05, 0) is 48.9 Å². The molecule has 0 bridgehead atoms. The predicted octanol–water partition coefficient (Wildman–Crippen LogP) is 2.86. The van der Waals surface area contributed by atoms with Gasteiger partial charge in [0, 0.05) is 18.7 Å². The first-order valence-electron chi connectivity index (χ1n) is 7.64. The molecule has 1 unspecified atom stereocenters. The molecule has 0 aliphatic heterocycles. The summed E-state index contributed by atoms with van der Waals surface area (Å²) in [6, 6.07) is 7.21. The Bertz CT molecular complexity index is 415. The lowest BCUT2D eigenvalue weighted by molar-refractivity contribution is 0.0952. The van der Waals surface area contributed by atoms with Gasteiger partial charge >= 0.3 is 0 Å². The van der Waals surface area contributed by atoms with Crippen molar-refractivity contribution in [3.05, 3.63) is 29.8 Å². The SMILES string of the molecule is CC(C)COc1ccc(C(=O)NCCCC(C)CO)cc1. The van der Waals surface area contributed by atoms with Gasteiger partial charge in [-0.2, -0.15) is 0 Å². The lowest BCUT2D eigenvalue weighted by Gasteiger charge is -2.10. The maximum absolute atomic E-state index is 11.9. The number of hydrogen-bond acceptors (Lipinski definition) is 3. The second-order valence-corrected chi connectivity index (χ2v) is 5.92. The van der Waals surface area contributed by atoms with E-state index in [0.29, 0.717) is 30.6 Å². The van der Waals surface area contributed by atoms with E-state index in [1.165, 1.54) is 0 Å². The van der Waals surface area contributed by atoms with E-state index >= 15 is 0 Å². The Labute approximate surface area is 127 Å². The second kappa shape index (κ2) is 9.40. The van der Waals surface area contributed by atoms with Gasteiger partial charge in [-0.1, -0.05) is 20.8 Å². The number of benzene rings is 1. The topological polar surface area (TPSA) is 58.6 Å². The van der Waals surface area contributed by atoms with Crippen LogP contribution < -0.4 is 10.1 Å². The lowest BCUT2D eigenvalue weighted by atomic mass is 10.1. The molecule has 0 aliphatic carbocycles. The van der Waals surface area contributed by atoms with E-state index in [1.807, 2.05) is 19.1 Å². The van der Waals surface area contributed by atoms with Crippen molar-refractivity contribution in [1.29, 1.82) is 0 Å². The monoisotopic (exact) mass is 293 g/mol. The Morgan fingerprint density at radius 2 is 1.90 bits per heavy atom. The van der Waals surface area contributed by atoms with Crippen LogP contribution >= 0.6 is 0 Å². The maximum atomic E-state index is 11.9. The predicted molar refractivity (Wildman–Crippen MR) is 84.6 cm³/mol. The molecule has 1 amide bonds. The minimum absolute atomic E-state index is 0.0675. The largest absolute Gasteiger partial charge is 0.493 e. The van der Waals surface area contributed by atoms with Gasteiger partial charge in [-0.15, -0.1) is 0 Å². The van der Waals surface area contributed by atoms with Crippen molar-refractivity contribution in [3.8, 4) is 5.75 Å². The van der Waals surface area contributed by atoms with Crippen molar-refractivity contribution < 1.29 is 14.6 Å². The molecule has 21 heavy (non-hydrogen) atoms. The summed E-state index contributed by atoms with van der Waals surface area (Å²) in [5, 5.41) is 11.8. The lowest BCUT2D eigenvalue weighted by Crippen LogP contribution is -2.24. The van der Waals surface area contributed by atoms with Gasteiger partial charge in [0.05, 0.1) is 6.61 Å². The van der Waals surface area contributed by atoms with E-state index in [0.717, 1.165) is 18.6 Å². The van der Waals surface area contributed by atoms with Crippen molar-refractivity contribution in [2.45, 2.75) is 33.6 Å². The van der Waals surface area contributed by atoms with Crippen molar-refractivity contribution >= 4 is 5.91 Å². The van der Waals surface area contributed by atoms with Gasteiger partial charge < -0.3 is 15.2 Å². The number of aliphatic hydroxyl groups excluding tert-OH is 1. The summed E-state index contributed by atoms with van der Waals surface area (Å²) in [5.74, 6) is 1.49. The molecule has 1 aromatic rings. The van der Waals surface area contributed by atoms with E-state index in [9.17, 15) is 4.79 Å². The van der Waals surface area contributed by atoms with Gasteiger partial charge in [0.15, 0.2) is 0 Å². The van der Waals surface area contributed by atoms with Crippen molar-refractivity contribution in [2.75, 3.05) is 19.8 Å². The molecule has 118 valence electrons. The molecule has 0 spiro atoms. The third-order valence-electron chi connectivity index (χ3n) is 3.17. The Morgan fingerprint density at radius 3 is 2.48 bits per heavy atom. The van der Waals surface area contributed by atoms with E-state index in [-0.39, 0.29) is 12.5 Å². The Morgan fingerprint density at radius 1 is 1.24 bits per heavy atom. The number of carbonyl (C=O) groups excluding carboxylic acids is 1. The highest BCUT2D eigenvalue weighted by Gasteiger charge is 2.06. The molecule has 0 radical (unpaired) electrons. The van der Waals surface area contributed by atoms with Crippen LogP contribution in [0.25, 0.3) is 0 Å². The smallest absolute Gasteiger partial charge is 0.251 e. The highest BCUT2D eigenvalue weighted by molar-refractivity contribution is 5.94. The van der Waals surface area contributed by atoms with Crippen molar-refractivity contribution in [3.63, 3.8) is 0 Å². The third kappa shape index (κ3) is 7.14. The molecule has 1 atom stereocenters. The fourth-order valence-corrected chi connectivity index (χ4v) is 1.81. The van der Waals surface area contributed by atoms with E-state index in [1.54, 1.807) is 12.1 Å². The standard InChI is InChI=1S/C17H27NO3/c1-13(2)12-21-16-8-6-15(7-9-16)17(20)18-10-4-5-14(3)11-19/h6-9,13-14,19H,4-5,10-12H2,1-3H3,(H,18,20). The third-order valence-corrected chi connectivity index (χ3v) is 3.17. The summed E-state index contributed by atoms with van der Waals surface area (Å²) < 4.78 is 5.58. The average molecular weight is 293 g/mol. The molecule has 4 nitrogen and oxygen atoms in total. The molecule has 0 aromatic heterocycles. The van der Waals surface area contributed by atoms with Crippen LogP contribution in [0.2, 0.25) is 0 Å². The van der Waals surface area contributed by atoms with Crippen LogP contribution in [0.3, 0.4) is 0 Å². The summed E-state index contributed by atoms with van der Waals surface area (Å²) in [7, 11) is 0. The number of aliphatic hydroxyl groups is 1. The van der Waals surface area contributed by atoms with E-state index in [4.69, 9.17) is 9.84 Å². The van der Waals surface area contributed by atoms with Crippen LogP contribution in [-0.4, -0.2) is 30.8 Å². The first-order valence-corrected chi connectivity index (χ1v) is 7.64. The first-order chi connectivity index (χ1) is 10.0. The van der Waals surface area contributed by atoms with Crippen molar-refractivity contribution in [1.82, 2.24) is 5.32 Å². The Balaban J connectivity index is 2.34. The molecule has 2 N–H and O–H groups in total. The number of amides is 1. The molecule has 1 aromatic carbocycles. The first kappa shape index (κ1) is 17.5. The van der Waals surface area contributed by atoms with Crippen molar-refractivity contribution in [2.24, 2.45) is 11.8 Å². The summed E-state index contributed by atoms with van der Waals surface area (Å²) in [4.78, 5) is 11.9. The molecule has 0 fully saturated rings. The van der Waals surface area contributed by atoms with Crippen LogP contribution in [0.1, 0.15) is 44.0 Å². The summed E-state index contributed by atoms with van der Waals surface area (Å²) in [6.45, 7) is 7.70. The Kier molecular flexibility index (Phi) is 7.83. The minimum atomic E-state index is -0.0675. The Hall–Kier alpha value is -1.55. The zero-order chi connectivity index (χ0) is 15.7. The highest BCUT2D eigenvalue weighted by Crippen LogP contribution is 2.13. The fraction of sp³-hybridized carbons (Fsp3) is 0.588. The number of hydrogen-bond donors (Lipinski definition) is 2. The summed E-state index contributed by atoms with van der Waals surface area (Å²) in [6.07, 6.45) is 1.79. The molecule has 0 heterocycles. The van der Waals surface area contributed by atoms with Crippen LogP contribution in [0.15, 0.2) is 24.3 Å². The second-order valence-electron chi connectivity index (χ2n) is 5.92. The van der Waals surface area contributed by atoms with Gasteiger partial charge in [-0.3, -0.25) is 4.79 Å². The normalized spacial score (nSPS) is 12.2. The summed E-state index contributed by atoms with van der Waals surface area (Å²) in [5.41, 5.74) is 0.641. The number of carbonyl (C=O) groups is 1. The van der Waals surface area contributed by atoms with Crippen LogP contribution in [-0.2, 0) is 0 Å². The molecule has 1 rings (SSSR count). The van der Waals surface area contributed by atoms with Gasteiger partial charge in [0.2, 0.25) is 0 Å². The molecule has 0 aliphatic rings. The van der Waals surface area contributed by atoms with E-state index < -0.39 is 0 Å². The minimum Gasteiger partial charge on any atom is -0.493 e. The zero-order valence-corrected chi connectivity index (χ0v) is 13.3.